The van der Waals surface area contributed by atoms with Gasteiger partial charge in [0.2, 0.25) is 0 Å². The first kappa shape index (κ1) is 15.9. The van der Waals surface area contributed by atoms with Crippen LogP contribution in [0.25, 0.3) is 0 Å². The van der Waals surface area contributed by atoms with E-state index in [-0.39, 0.29) is 18.4 Å². The smallest absolute Gasteiger partial charge is 0.410 e. The van der Waals surface area contributed by atoms with Crippen molar-refractivity contribution in [2.75, 3.05) is 19.6 Å². The van der Waals surface area contributed by atoms with Crippen LogP contribution in [0, 0.1) is 17.8 Å². The number of allylic oxidation sites excluding steroid dienone is 5. The fourth-order valence-corrected chi connectivity index (χ4v) is 4.09. The third-order valence-corrected chi connectivity index (χ3v) is 5.22. The van der Waals surface area contributed by atoms with Gasteiger partial charge in [-0.3, -0.25) is 5.32 Å². The third kappa shape index (κ3) is 3.03. The summed E-state index contributed by atoms with van der Waals surface area (Å²) >= 11 is 0. The lowest BCUT2D eigenvalue weighted by Gasteiger charge is -2.29. The first-order valence-corrected chi connectivity index (χ1v) is 8.84. The highest BCUT2D eigenvalue weighted by Crippen LogP contribution is 2.43. The van der Waals surface area contributed by atoms with E-state index in [0.29, 0.717) is 17.8 Å². The molecule has 130 valence electrons. The average molecular weight is 330 g/mol. The molecule has 5 unspecified atom stereocenters. The highest BCUT2D eigenvalue weighted by molar-refractivity contribution is 5.68. The molecule has 5 nitrogen and oxygen atoms in total. The Morgan fingerprint density at radius 2 is 2.12 bits per heavy atom. The molecule has 1 amide bonds. The molecule has 0 saturated carbocycles. The summed E-state index contributed by atoms with van der Waals surface area (Å²) in [4.78, 5) is 14.4. The molecule has 3 aliphatic heterocycles. The van der Waals surface area contributed by atoms with Gasteiger partial charge in [-0.25, -0.2) is 4.79 Å². The van der Waals surface area contributed by atoms with Gasteiger partial charge in [0.1, 0.15) is 17.9 Å². The maximum atomic E-state index is 12.5. The molecule has 1 N–H and O–H groups in total. The van der Waals surface area contributed by atoms with Gasteiger partial charge < -0.3 is 14.4 Å². The molecule has 1 aliphatic carbocycles. The summed E-state index contributed by atoms with van der Waals surface area (Å²) in [6.07, 6.45) is 10.9. The summed E-state index contributed by atoms with van der Waals surface area (Å²) in [5, 5.41) is 3.50. The normalized spacial score (nSPS) is 37.4. The number of fused-ring (bicyclic) bond motifs is 5. The molecule has 4 rings (SSSR count). The fraction of sp³-hybridized carbons (Fsp3) is 0.632. The summed E-state index contributed by atoms with van der Waals surface area (Å²) in [7, 11) is 0. The van der Waals surface area contributed by atoms with Crippen LogP contribution in [0.3, 0.4) is 0 Å². The summed E-state index contributed by atoms with van der Waals surface area (Å²) in [6, 6.07) is 0. The van der Waals surface area contributed by atoms with E-state index in [0.717, 1.165) is 19.6 Å². The molecule has 3 saturated heterocycles. The lowest BCUT2D eigenvalue weighted by Crippen LogP contribution is -2.37. The van der Waals surface area contributed by atoms with E-state index in [4.69, 9.17) is 9.47 Å². The van der Waals surface area contributed by atoms with Gasteiger partial charge in [-0.1, -0.05) is 30.4 Å². The van der Waals surface area contributed by atoms with Gasteiger partial charge in [0.25, 0.3) is 0 Å². The lowest BCUT2D eigenvalue weighted by molar-refractivity contribution is 0.0282. The molecule has 3 heterocycles. The van der Waals surface area contributed by atoms with Crippen molar-refractivity contribution >= 4 is 6.09 Å². The van der Waals surface area contributed by atoms with Gasteiger partial charge in [-0.15, -0.1) is 0 Å². The average Bonchev–Trinajstić information content (AvgIpc) is 3.18. The Kier molecular flexibility index (Phi) is 3.81. The van der Waals surface area contributed by atoms with Gasteiger partial charge in [-0.2, -0.15) is 0 Å². The molecule has 5 atom stereocenters. The highest BCUT2D eigenvalue weighted by Gasteiger charge is 2.51. The van der Waals surface area contributed by atoms with E-state index >= 15 is 0 Å². The first-order valence-electron chi connectivity index (χ1n) is 8.84. The van der Waals surface area contributed by atoms with E-state index in [1.165, 1.54) is 5.57 Å². The van der Waals surface area contributed by atoms with Crippen LogP contribution in [-0.4, -0.2) is 48.6 Å². The maximum absolute atomic E-state index is 12.5. The van der Waals surface area contributed by atoms with Crippen molar-refractivity contribution in [2.24, 2.45) is 17.8 Å². The molecular formula is C19H26N2O3. The van der Waals surface area contributed by atoms with Crippen LogP contribution in [0.5, 0.6) is 0 Å². The van der Waals surface area contributed by atoms with E-state index in [1.807, 2.05) is 25.7 Å². The van der Waals surface area contributed by atoms with Crippen molar-refractivity contribution in [2.45, 2.75) is 38.7 Å². The molecule has 0 aromatic heterocycles. The van der Waals surface area contributed by atoms with Gasteiger partial charge in [0, 0.05) is 25.6 Å². The largest absolute Gasteiger partial charge is 0.444 e. The number of ether oxygens (including phenoxy) is 2. The Balaban J connectivity index is 1.55. The van der Waals surface area contributed by atoms with E-state index in [1.54, 1.807) is 0 Å². The number of epoxide rings is 1. The number of hydrogen-bond donors (Lipinski definition) is 1. The fourth-order valence-electron chi connectivity index (χ4n) is 4.09. The standard InChI is InChI=1S/C19H26N2O3/c1-19(2,3)24-18(22)21-10-12-9-20-17-16(23-17)14-8-6-4-5-7-13(14)15(12)11-21/h4-8,12-13,15-17,20H,9-11H2,1-3H3. The molecule has 4 aliphatic rings. The van der Waals surface area contributed by atoms with Crippen LogP contribution < -0.4 is 5.32 Å². The zero-order chi connectivity index (χ0) is 16.9. The Morgan fingerprint density at radius 1 is 1.29 bits per heavy atom. The van der Waals surface area contributed by atoms with Crippen LogP contribution >= 0.6 is 0 Å². The quantitative estimate of drug-likeness (QED) is 0.693. The Labute approximate surface area is 143 Å². The van der Waals surface area contributed by atoms with Crippen molar-refractivity contribution in [3.8, 4) is 0 Å². The van der Waals surface area contributed by atoms with Crippen molar-refractivity contribution < 1.29 is 14.3 Å². The second-order valence-corrected chi connectivity index (χ2v) is 8.16. The SMILES string of the molecule is CC(C)(C)OC(=O)N1CC2CNC3OC3C3=CC=CC=CC3C2C1. The monoisotopic (exact) mass is 330 g/mol. The molecule has 3 fully saturated rings. The Morgan fingerprint density at radius 3 is 2.92 bits per heavy atom. The van der Waals surface area contributed by atoms with Crippen molar-refractivity contribution in [1.82, 2.24) is 10.2 Å². The molecule has 0 bridgehead atoms. The molecule has 0 aromatic carbocycles. The number of hydrogen-bond acceptors (Lipinski definition) is 4. The number of amides is 1. The zero-order valence-corrected chi connectivity index (χ0v) is 14.6. The predicted molar refractivity (Wildman–Crippen MR) is 91.3 cm³/mol. The number of carbonyl (C=O) groups excluding carboxylic acids is 1. The third-order valence-electron chi connectivity index (χ3n) is 5.22. The van der Waals surface area contributed by atoms with Crippen LogP contribution in [-0.2, 0) is 9.47 Å². The maximum Gasteiger partial charge on any atom is 0.410 e. The Hall–Kier alpha value is -1.59. The summed E-state index contributed by atoms with van der Waals surface area (Å²) in [5.41, 5.74) is 0.877. The minimum atomic E-state index is -0.455. The minimum Gasteiger partial charge on any atom is -0.444 e. The van der Waals surface area contributed by atoms with Crippen LogP contribution in [0.15, 0.2) is 36.0 Å². The Bertz CT molecular complexity index is 617. The minimum absolute atomic E-state index is 0.134. The molecule has 0 radical (unpaired) electrons. The summed E-state index contributed by atoms with van der Waals surface area (Å²) < 4.78 is 11.4. The second-order valence-electron chi connectivity index (χ2n) is 8.16. The van der Waals surface area contributed by atoms with E-state index in [2.05, 4.69) is 35.7 Å². The number of rotatable bonds is 0. The summed E-state index contributed by atoms with van der Waals surface area (Å²) in [5.74, 6) is 1.14. The van der Waals surface area contributed by atoms with Crippen LogP contribution in [0.1, 0.15) is 20.8 Å². The van der Waals surface area contributed by atoms with E-state index in [9.17, 15) is 4.79 Å². The first-order chi connectivity index (χ1) is 11.4. The van der Waals surface area contributed by atoms with Crippen molar-refractivity contribution in [3.05, 3.63) is 36.0 Å². The van der Waals surface area contributed by atoms with Crippen molar-refractivity contribution in [1.29, 1.82) is 0 Å². The predicted octanol–water partition coefficient (Wildman–Crippen LogP) is 2.47. The topological polar surface area (TPSA) is 54.1 Å². The lowest BCUT2D eigenvalue weighted by atomic mass is 9.77. The van der Waals surface area contributed by atoms with Gasteiger partial charge >= 0.3 is 6.09 Å². The molecule has 0 aromatic rings. The molecule has 0 spiro atoms. The second kappa shape index (κ2) is 5.74. The van der Waals surface area contributed by atoms with Crippen molar-refractivity contribution in [3.63, 3.8) is 0 Å². The number of carbonyl (C=O) groups is 1. The van der Waals surface area contributed by atoms with Crippen LogP contribution in [0.4, 0.5) is 4.79 Å². The van der Waals surface area contributed by atoms with Gasteiger partial charge in [-0.05, 0) is 38.2 Å². The number of nitrogens with zero attached hydrogens (tertiary/aromatic N) is 1. The van der Waals surface area contributed by atoms with Gasteiger partial charge in [0.15, 0.2) is 0 Å². The summed E-state index contributed by atoms with van der Waals surface area (Å²) in [6.45, 7) is 8.11. The zero-order valence-electron chi connectivity index (χ0n) is 14.6. The molecule has 24 heavy (non-hydrogen) atoms. The number of likely N-dealkylation sites (tertiary alicyclic amines) is 1. The molecule has 5 heteroatoms. The number of nitrogens with one attached hydrogen (secondary N) is 1. The van der Waals surface area contributed by atoms with Crippen LogP contribution in [0.2, 0.25) is 0 Å². The highest BCUT2D eigenvalue weighted by atomic mass is 16.6. The molecular weight excluding hydrogens is 304 g/mol. The van der Waals surface area contributed by atoms with E-state index < -0.39 is 5.60 Å². The van der Waals surface area contributed by atoms with Gasteiger partial charge in [0.05, 0.1) is 0 Å².